The van der Waals surface area contributed by atoms with Crippen molar-refractivity contribution in [2.24, 2.45) is 17.8 Å². The number of benzene rings is 1. The van der Waals surface area contributed by atoms with E-state index < -0.39 is 5.54 Å². The van der Waals surface area contributed by atoms with Crippen LogP contribution >= 0.6 is 11.6 Å². The fraction of sp³-hybridized carbons (Fsp3) is 0.750. The van der Waals surface area contributed by atoms with Crippen molar-refractivity contribution in [1.29, 1.82) is 0 Å². The molecule has 1 aliphatic carbocycles. The Morgan fingerprint density at radius 1 is 1.12 bits per heavy atom. The third-order valence-electron chi connectivity index (χ3n) is 8.91. The van der Waals surface area contributed by atoms with Gasteiger partial charge < -0.3 is 25.6 Å². The average molecular weight is 577 g/mol. The summed E-state index contributed by atoms with van der Waals surface area (Å²) in [6, 6.07) is 8.03. The number of carbonyl (C=O) groups is 2. The summed E-state index contributed by atoms with van der Waals surface area (Å²) in [7, 11) is 3.68. The van der Waals surface area contributed by atoms with Crippen LogP contribution in [0.25, 0.3) is 0 Å². The number of rotatable bonds is 14. The molecule has 0 aromatic heterocycles. The van der Waals surface area contributed by atoms with Gasteiger partial charge in [0.1, 0.15) is 0 Å². The number of halogens is 1. The zero-order chi connectivity index (χ0) is 29.0. The number of piperidine rings is 1. The third-order valence-corrected chi connectivity index (χ3v) is 9.14. The molecule has 1 aromatic carbocycles. The first kappa shape index (κ1) is 32.7. The zero-order valence-corrected chi connectivity index (χ0v) is 26.0. The van der Waals surface area contributed by atoms with Gasteiger partial charge in [0.15, 0.2) is 0 Å². The lowest BCUT2D eigenvalue weighted by Gasteiger charge is -2.47. The lowest BCUT2D eigenvalue weighted by molar-refractivity contribution is -0.127. The second-order valence-electron chi connectivity index (χ2n) is 12.3. The molecule has 40 heavy (non-hydrogen) atoms. The van der Waals surface area contributed by atoms with E-state index in [2.05, 4.69) is 22.0 Å². The van der Waals surface area contributed by atoms with Crippen LogP contribution in [-0.2, 0) is 15.1 Å². The molecule has 1 unspecified atom stereocenters. The van der Waals surface area contributed by atoms with E-state index in [-0.39, 0.29) is 29.8 Å². The second kappa shape index (κ2) is 16.6. The highest BCUT2D eigenvalue weighted by atomic mass is 35.5. The number of ether oxygens (including phenoxy) is 1. The van der Waals surface area contributed by atoms with E-state index >= 15 is 0 Å². The van der Waals surface area contributed by atoms with Gasteiger partial charge in [0, 0.05) is 56.3 Å². The number of nitrogens with one attached hydrogen (secondary N) is 3. The highest BCUT2D eigenvalue weighted by molar-refractivity contribution is 6.30. The molecular weight excluding hydrogens is 524 g/mol. The van der Waals surface area contributed by atoms with Crippen molar-refractivity contribution in [3.05, 3.63) is 34.9 Å². The van der Waals surface area contributed by atoms with Gasteiger partial charge in [-0.1, -0.05) is 69.7 Å². The molecule has 7 nitrogen and oxygen atoms in total. The predicted molar refractivity (Wildman–Crippen MR) is 164 cm³/mol. The summed E-state index contributed by atoms with van der Waals surface area (Å²) in [5.41, 5.74) is 0.398. The molecule has 1 aliphatic heterocycles. The molecule has 226 valence electrons. The SMILES string of the molecule is CNC[C@H](CC1CCCCC1)NC(=O)N1CCC[C@@H](C(CCCCOC)(NC(=O)C(C)C)c2cccc(Cl)c2)C1. The molecule has 1 saturated heterocycles. The van der Waals surface area contributed by atoms with Crippen LogP contribution in [0.15, 0.2) is 24.3 Å². The van der Waals surface area contributed by atoms with Gasteiger partial charge in [0.05, 0.1) is 5.54 Å². The molecule has 2 aliphatic rings. The number of nitrogens with zero attached hydrogens (tertiary/aromatic N) is 1. The standard InChI is InChI=1S/C32H53ClN4O3/c1-24(2)30(38)36-32(17-8-9-19-40-4,26-14-10-16-28(33)21-26)27-15-11-18-37(23-27)31(39)35-29(22-34-3)20-25-12-6-5-7-13-25/h10,14,16,21,24-25,27,29,34H,5-9,11-13,15,17-20,22-23H2,1-4H3,(H,35,39)(H,36,38)/t27-,29+,32?/m1/s1. The van der Waals surface area contributed by atoms with Crippen LogP contribution in [0.3, 0.4) is 0 Å². The van der Waals surface area contributed by atoms with E-state index in [1.165, 1.54) is 32.1 Å². The molecule has 3 N–H and O–H groups in total. The van der Waals surface area contributed by atoms with Gasteiger partial charge in [-0.05, 0) is 69.2 Å². The Kier molecular flexibility index (Phi) is 13.5. The molecule has 1 saturated carbocycles. The second-order valence-corrected chi connectivity index (χ2v) is 12.7. The normalized spacial score (nSPS) is 20.6. The van der Waals surface area contributed by atoms with Crippen molar-refractivity contribution < 1.29 is 14.3 Å². The molecule has 0 radical (unpaired) electrons. The Morgan fingerprint density at radius 2 is 1.90 bits per heavy atom. The van der Waals surface area contributed by atoms with Gasteiger partial charge in [-0.2, -0.15) is 0 Å². The van der Waals surface area contributed by atoms with E-state index in [1.54, 1.807) is 7.11 Å². The summed E-state index contributed by atoms with van der Waals surface area (Å²) >= 11 is 6.51. The van der Waals surface area contributed by atoms with E-state index in [0.717, 1.165) is 57.2 Å². The van der Waals surface area contributed by atoms with Crippen LogP contribution in [0.4, 0.5) is 4.79 Å². The summed E-state index contributed by atoms with van der Waals surface area (Å²) in [5, 5.41) is 10.8. The topological polar surface area (TPSA) is 82.7 Å². The number of likely N-dealkylation sites (tertiary alicyclic amines) is 1. The predicted octanol–water partition coefficient (Wildman–Crippen LogP) is 6.10. The van der Waals surface area contributed by atoms with E-state index in [0.29, 0.717) is 24.1 Å². The molecule has 0 bridgehead atoms. The minimum atomic E-state index is -0.620. The van der Waals surface area contributed by atoms with Crippen LogP contribution < -0.4 is 16.0 Å². The van der Waals surface area contributed by atoms with E-state index in [9.17, 15) is 9.59 Å². The molecule has 1 aromatic rings. The number of hydrogen-bond donors (Lipinski definition) is 3. The summed E-state index contributed by atoms with van der Waals surface area (Å²) in [4.78, 5) is 29.0. The number of likely N-dealkylation sites (N-methyl/N-ethyl adjacent to an activating group) is 1. The molecule has 0 spiro atoms. The Morgan fingerprint density at radius 3 is 2.58 bits per heavy atom. The molecule has 8 heteroatoms. The number of amides is 3. The van der Waals surface area contributed by atoms with Gasteiger partial charge in [0.2, 0.25) is 5.91 Å². The number of unbranched alkanes of at least 4 members (excludes halogenated alkanes) is 1. The lowest BCUT2D eigenvalue weighted by Crippen LogP contribution is -2.59. The Hall–Kier alpha value is -1.83. The van der Waals surface area contributed by atoms with E-state index in [4.69, 9.17) is 16.3 Å². The Balaban J connectivity index is 1.84. The number of methoxy groups -OCH3 is 1. The molecule has 1 heterocycles. The highest BCUT2D eigenvalue weighted by Crippen LogP contribution is 2.41. The average Bonchev–Trinajstić information content (AvgIpc) is 2.95. The van der Waals surface area contributed by atoms with Crippen LogP contribution in [0.2, 0.25) is 5.02 Å². The first-order valence-electron chi connectivity index (χ1n) is 15.6. The number of hydrogen-bond acceptors (Lipinski definition) is 4. The molecule has 2 fully saturated rings. The smallest absolute Gasteiger partial charge is 0.317 e. The quantitative estimate of drug-likeness (QED) is 0.234. The summed E-state index contributed by atoms with van der Waals surface area (Å²) in [6.07, 6.45) is 11.9. The highest BCUT2D eigenvalue weighted by Gasteiger charge is 2.44. The van der Waals surface area contributed by atoms with Crippen LogP contribution in [0.1, 0.15) is 90.0 Å². The van der Waals surface area contributed by atoms with Crippen LogP contribution in [-0.4, -0.2) is 63.3 Å². The molecule has 3 rings (SSSR count). The summed E-state index contributed by atoms with van der Waals surface area (Å²) in [6.45, 7) is 6.63. The Bertz CT molecular complexity index is 923. The van der Waals surface area contributed by atoms with Crippen molar-refractivity contribution in [3.8, 4) is 0 Å². The number of carbonyl (C=O) groups excluding carboxylic acids is 2. The summed E-state index contributed by atoms with van der Waals surface area (Å²) in [5.74, 6) is 0.629. The first-order valence-corrected chi connectivity index (χ1v) is 15.9. The largest absolute Gasteiger partial charge is 0.385 e. The van der Waals surface area contributed by atoms with Crippen molar-refractivity contribution >= 4 is 23.5 Å². The molecule has 3 atom stereocenters. The zero-order valence-electron chi connectivity index (χ0n) is 25.3. The van der Waals surface area contributed by atoms with Gasteiger partial charge >= 0.3 is 6.03 Å². The maximum atomic E-state index is 13.7. The van der Waals surface area contributed by atoms with Gasteiger partial charge in [-0.3, -0.25) is 4.79 Å². The van der Waals surface area contributed by atoms with Crippen molar-refractivity contribution in [1.82, 2.24) is 20.9 Å². The van der Waals surface area contributed by atoms with Crippen molar-refractivity contribution in [2.45, 2.75) is 96.1 Å². The maximum Gasteiger partial charge on any atom is 0.317 e. The fourth-order valence-corrected chi connectivity index (χ4v) is 6.89. The minimum absolute atomic E-state index is 0.00956. The van der Waals surface area contributed by atoms with Crippen molar-refractivity contribution in [2.75, 3.05) is 40.4 Å². The minimum Gasteiger partial charge on any atom is -0.385 e. The maximum absolute atomic E-state index is 13.7. The lowest BCUT2D eigenvalue weighted by atomic mass is 9.71. The Labute approximate surface area is 247 Å². The van der Waals surface area contributed by atoms with Crippen molar-refractivity contribution in [3.63, 3.8) is 0 Å². The van der Waals surface area contributed by atoms with Gasteiger partial charge in [-0.15, -0.1) is 0 Å². The number of urea groups is 1. The molecule has 3 amide bonds. The molecular formula is C32H53ClN4O3. The van der Waals surface area contributed by atoms with Crippen LogP contribution in [0, 0.1) is 17.8 Å². The third kappa shape index (κ3) is 9.35. The van der Waals surface area contributed by atoms with Gasteiger partial charge in [-0.25, -0.2) is 4.79 Å². The fourth-order valence-electron chi connectivity index (χ4n) is 6.70. The van der Waals surface area contributed by atoms with E-state index in [1.807, 2.05) is 44.0 Å². The monoisotopic (exact) mass is 576 g/mol. The first-order chi connectivity index (χ1) is 19.3. The van der Waals surface area contributed by atoms with Crippen LogP contribution in [0.5, 0.6) is 0 Å². The van der Waals surface area contributed by atoms with Gasteiger partial charge in [0.25, 0.3) is 0 Å². The summed E-state index contributed by atoms with van der Waals surface area (Å²) < 4.78 is 5.33.